The molecule has 0 aliphatic carbocycles. The van der Waals surface area contributed by atoms with Gasteiger partial charge in [0.05, 0.1) is 19.4 Å². The van der Waals surface area contributed by atoms with Gasteiger partial charge in [0.2, 0.25) is 0 Å². The van der Waals surface area contributed by atoms with E-state index in [-0.39, 0.29) is 23.9 Å². The number of hydrogen-bond donors (Lipinski definition) is 2. The van der Waals surface area contributed by atoms with Crippen LogP contribution in [0.25, 0.3) is 11.3 Å². The van der Waals surface area contributed by atoms with Crippen LogP contribution in [-0.2, 0) is 11.2 Å². The van der Waals surface area contributed by atoms with E-state index in [2.05, 4.69) is 13.8 Å². The quantitative estimate of drug-likeness (QED) is 0.376. The van der Waals surface area contributed by atoms with Crippen molar-refractivity contribution in [2.75, 3.05) is 13.7 Å². The van der Waals surface area contributed by atoms with E-state index in [0.29, 0.717) is 30.2 Å². The Morgan fingerprint density at radius 3 is 2.34 bits per heavy atom. The lowest BCUT2D eigenvalue weighted by atomic mass is 9.87. The molecule has 0 saturated heterocycles. The van der Waals surface area contributed by atoms with Crippen molar-refractivity contribution in [2.24, 2.45) is 5.92 Å². The van der Waals surface area contributed by atoms with Crippen LogP contribution < -0.4 is 14.9 Å². The summed E-state index contributed by atoms with van der Waals surface area (Å²) in [6.07, 6.45) is 8.02. The van der Waals surface area contributed by atoms with Gasteiger partial charge in [-0.25, -0.2) is 4.79 Å². The first-order chi connectivity index (χ1) is 16.7. The van der Waals surface area contributed by atoms with Crippen LogP contribution in [0.1, 0.15) is 80.8 Å². The maximum atomic E-state index is 12.5. The van der Waals surface area contributed by atoms with Crippen molar-refractivity contribution in [1.29, 1.82) is 0 Å². The number of carboxylic acid groups (broad SMARTS) is 2. The van der Waals surface area contributed by atoms with Gasteiger partial charge in [-0.15, -0.1) is 0 Å². The molecule has 35 heavy (non-hydrogen) atoms. The first kappa shape index (κ1) is 26.3. The van der Waals surface area contributed by atoms with E-state index in [4.69, 9.17) is 14.6 Å². The molecule has 0 bridgehead atoms. The molecule has 2 N–H and O–H groups in total. The van der Waals surface area contributed by atoms with Crippen molar-refractivity contribution in [2.45, 2.75) is 71.3 Å². The molecule has 0 saturated carbocycles. The van der Waals surface area contributed by atoms with Crippen molar-refractivity contribution in [3.8, 4) is 22.8 Å². The zero-order chi connectivity index (χ0) is 25.5. The summed E-state index contributed by atoms with van der Waals surface area (Å²) in [5.74, 6) is -0.499. The largest absolute Gasteiger partial charge is 0.493 e. The summed E-state index contributed by atoms with van der Waals surface area (Å²) in [5, 5.41) is 18.1. The summed E-state index contributed by atoms with van der Waals surface area (Å²) >= 11 is 0. The number of pyridine rings is 1. The Labute approximate surface area is 205 Å². The van der Waals surface area contributed by atoms with E-state index < -0.39 is 17.4 Å². The fraction of sp³-hybridized carbons (Fsp3) is 0.519. The Morgan fingerprint density at radius 1 is 1.03 bits per heavy atom. The fourth-order valence-electron chi connectivity index (χ4n) is 4.63. The summed E-state index contributed by atoms with van der Waals surface area (Å²) in [7, 11) is 1.58. The number of aromatic nitrogens is 1. The van der Waals surface area contributed by atoms with Gasteiger partial charge >= 0.3 is 11.9 Å². The van der Waals surface area contributed by atoms with E-state index in [1.54, 1.807) is 7.11 Å². The first-order valence-electron chi connectivity index (χ1n) is 12.3. The second kappa shape index (κ2) is 11.9. The van der Waals surface area contributed by atoms with E-state index in [1.807, 2.05) is 16.7 Å². The van der Waals surface area contributed by atoms with E-state index in [1.165, 1.54) is 12.3 Å². The summed E-state index contributed by atoms with van der Waals surface area (Å²) < 4.78 is 13.6. The van der Waals surface area contributed by atoms with Gasteiger partial charge in [-0.2, -0.15) is 0 Å². The Kier molecular flexibility index (Phi) is 8.95. The lowest BCUT2D eigenvalue weighted by Crippen LogP contribution is -2.28. The van der Waals surface area contributed by atoms with Crippen LogP contribution in [0.4, 0.5) is 0 Å². The predicted molar refractivity (Wildman–Crippen MR) is 133 cm³/mol. The highest BCUT2D eigenvalue weighted by molar-refractivity contribution is 5.88. The number of ether oxygens (including phenoxy) is 2. The Balaban J connectivity index is 1.73. The summed E-state index contributed by atoms with van der Waals surface area (Å²) in [6.45, 7) is 4.72. The second-order valence-corrected chi connectivity index (χ2v) is 9.44. The Morgan fingerprint density at radius 2 is 1.71 bits per heavy atom. The molecule has 0 amide bonds. The van der Waals surface area contributed by atoms with Crippen molar-refractivity contribution in [3.63, 3.8) is 0 Å². The number of fused-ring (bicyclic) bond motifs is 3. The molecule has 2 heterocycles. The number of carboxylic acids is 2. The maximum absolute atomic E-state index is 12.5. The van der Waals surface area contributed by atoms with Gasteiger partial charge < -0.3 is 24.3 Å². The van der Waals surface area contributed by atoms with Gasteiger partial charge in [0.15, 0.2) is 16.9 Å². The molecule has 190 valence electrons. The molecule has 1 aliphatic heterocycles. The molecule has 1 aliphatic rings. The van der Waals surface area contributed by atoms with Gasteiger partial charge in [-0.05, 0) is 42.9 Å². The van der Waals surface area contributed by atoms with E-state index >= 15 is 0 Å². The van der Waals surface area contributed by atoms with Gasteiger partial charge in [0.1, 0.15) is 5.56 Å². The second-order valence-electron chi connectivity index (χ2n) is 9.44. The molecular weight excluding hydrogens is 450 g/mol. The predicted octanol–water partition coefficient (Wildman–Crippen LogP) is 5.17. The average Bonchev–Trinajstić information content (AvgIpc) is 2.81. The van der Waals surface area contributed by atoms with Gasteiger partial charge in [0.25, 0.3) is 0 Å². The highest BCUT2D eigenvalue weighted by Crippen LogP contribution is 2.42. The number of hydrogen-bond acceptors (Lipinski definition) is 5. The van der Waals surface area contributed by atoms with E-state index in [0.717, 1.165) is 49.7 Å². The van der Waals surface area contributed by atoms with Gasteiger partial charge in [-0.1, -0.05) is 39.5 Å². The molecule has 8 nitrogen and oxygen atoms in total. The molecule has 1 atom stereocenters. The van der Waals surface area contributed by atoms with Crippen LogP contribution in [0, 0.1) is 5.92 Å². The zero-order valence-corrected chi connectivity index (χ0v) is 20.7. The standard InChI is InChI=1S/C27H35NO7/c1-17(2)21-12-18-13-25(35-11-9-7-5-4-6-8-10-26(30)31)24(34-3)14-19(18)22-15-23(29)20(27(32)33)16-28(21)22/h13-17,21H,4-12H2,1-3H3,(H,30,31)(H,32,33)/t21-/m0/s1. The van der Waals surface area contributed by atoms with Crippen LogP contribution >= 0.6 is 0 Å². The normalized spacial score (nSPS) is 14.3. The number of carbonyl (C=O) groups is 2. The Bertz CT molecular complexity index is 1120. The van der Waals surface area contributed by atoms with Crippen molar-refractivity contribution in [1.82, 2.24) is 4.57 Å². The SMILES string of the molecule is COc1cc2c(cc1OCCCCCCCCC(=O)O)C[C@@H](C(C)C)n1cc(C(=O)O)c(=O)cc1-2. The molecule has 2 aromatic rings. The van der Waals surface area contributed by atoms with E-state index in [9.17, 15) is 19.5 Å². The molecule has 0 unspecified atom stereocenters. The molecule has 1 aromatic heterocycles. The Hall–Kier alpha value is -3.29. The first-order valence-corrected chi connectivity index (χ1v) is 12.3. The lowest BCUT2D eigenvalue weighted by Gasteiger charge is -2.33. The maximum Gasteiger partial charge on any atom is 0.341 e. The third-order valence-corrected chi connectivity index (χ3v) is 6.57. The minimum Gasteiger partial charge on any atom is -0.493 e. The monoisotopic (exact) mass is 485 g/mol. The molecular formula is C27H35NO7. The number of aliphatic carboxylic acids is 1. The molecule has 0 spiro atoms. The van der Waals surface area contributed by atoms with Crippen LogP contribution in [-0.4, -0.2) is 40.4 Å². The third kappa shape index (κ3) is 6.44. The number of unbranched alkanes of at least 4 members (excludes halogenated alkanes) is 5. The molecule has 3 rings (SSSR count). The number of benzene rings is 1. The highest BCUT2D eigenvalue weighted by Gasteiger charge is 2.29. The average molecular weight is 486 g/mol. The van der Waals surface area contributed by atoms with Crippen LogP contribution in [0.3, 0.4) is 0 Å². The van der Waals surface area contributed by atoms with Gasteiger partial charge in [0, 0.05) is 30.3 Å². The van der Waals surface area contributed by atoms with Crippen LogP contribution in [0.15, 0.2) is 29.2 Å². The lowest BCUT2D eigenvalue weighted by molar-refractivity contribution is -0.137. The van der Waals surface area contributed by atoms with Crippen LogP contribution in [0.2, 0.25) is 0 Å². The van der Waals surface area contributed by atoms with Crippen molar-refractivity contribution >= 4 is 11.9 Å². The number of rotatable bonds is 13. The van der Waals surface area contributed by atoms with Crippen molar-refractivity contribution in [3.05, 3.63) is 45.7 Å². The summed E-state index contributed by atoms with van der Waals surface area (Å²) in [4.78, 5) is 34.6. The zero-order valence-electron chi connectivity index (χ0n) is 20.7. The molecule has 1 aromatic carbocycles. The summed E-state index contributed by atoms with van der Waals surface area (Å²) in [5.41, 5.74) is 1.84. The third-order valence-electron chi connectivity index (χ3n) is 6.57. The molecule has 0 radical (unpaired) electrons. The minimum atomic E-state index is -1.22. The fourth-order valence-corrected chi connectivity index (χ4v) is 4.63. The summed E-state index contributed by atoms with van der Waals surface area (Å²) in [6, 6.07) is 5.27. The molecule has 0 fully saturated rings. The van der Waals surface area contributed by atoms with Crippen molar-refractivity contribution < 1.29 is 29.3 Å². The topological polar surface area (TPSA) is 115 Å². The smallest absolute Gasteiger partial charge is 0.341 e. The number of methoxy groups -OCH3 is 1. The van der Waals surface area contributed by atoms with Crippen LogP contribution in [0.5, 0.6) is 11.5 Å². The number of aromatic carboxylic acids is 1. The highest BCUT2D eigenvalue weighted by atomic mass is 16.5. The number of nitrogens with zero attached hydrogens (tertiary/aromatic N) is 1. The molecule has 8 heteroatoms. The van der Waals surface area contributed by atoms with Gasteiger partial charge in [-0.3, -0.25) is 9.59 Å². The minimum absolute atomic E-state index is 0.0126.